The molecule has 1 aliphatic heterocycles. The molecule has 2 aromatic carbocycles. The lowest BCUT2D eigenvalue weighted by Gasteiger charge is -2.36. The highest BCUT2D eigenvalue weighted by molar-refractivity contribution is 7.90. The third-order valence-electron chi connectivity index (χ3n) is 4.98. The summed E-state index contributed by atoms with van der Waals surface area (Å²) in [5.74, 6) is -0.0393. The van der Waals surface area contributed by atoms with Crippen molar-refractivity contribution >= 4 is 15.7 Å². The fourth-order valence-electron chi connectivity index (χ4n) is 3.44. The van der Waals surface area contributed by atoms with Crippen LogP contribution in [0.3, 0.4) is 0 Å². The molecule has 1 amide bonds. The lowest BCUT2D eigenvalue weighted by Crippen LogP contribution is -2.50. The third-order valence-corrected chi connectivity index (χ3v) is 5.90. The van der Waals surface area contributed by atoms with E-state index in [9.17, 15) is 13.2 Å². The van der Waals surface area contributed by atoms with Crippen molar-refractivity contribution in [3.63, 3.8) is 0 Å². The summed E-state index contributed by atoms with van der Waals surface area (Å²) in [6.45, 7) is 3.19. The number of benzene rings is 2. The Labute approximate surface area is 161 Å². The van der Waals surface area contributed by atoms with Gasteiger partial charge in [0, 0.05) is 39.0 Å². The van der Waals surface area contributed by atoms with Crippen LogP contribution in [-0.4, -0.2) is 68.9 Å². The molecule has 0 spiro atoms. The first-order valence-corrected chi connectivity index (χ1v) is 11.3. The van der Waals surface area contributed by atoms with Crippen LogP contribution in [0.4, 0.5) is 0 Å². The zero-order valence-corrected chi connectivity index (χ0v) is 16.4. The summed E-state index contributed by atoms with van der Waals surface area (Å²) in [6, 6.07) is 19.7. The van der Waals surface area contributed by atoms with Gasteiger partial charge in [0.15, 0.2) is 0 Å². The normalized spacial score (nSPS) is 15.9. The van der Waals surface area contributed by atoms with E-state index in [0.29, 0.717) is 32.7 Å². The van der Waals surface area contributed by atoms with E-state index in [4.69, 9.17) is 0 Å². The molecule has 6 heteroatoms. The highest BCUT2D eigenvalue weighted by Crippen LogP contribution is 2.27. The van der Waals surface area contributed by atoms with Gasteiger partial charge in [-0.15, -0.1) is 0 Å². The third kappa shape index (κ3) is 5.40. The predicted molar refractivity (Wildman–Crippen MR) is 107 cm³/mol. The van der Waals surface area contributed by atoms with E-state index in [1.54, 1.807) is 0 Å². The zero-order chi connectivity index (χ0) is 19.3. The monoisotopic (exact) mass is 386 g/mol. The van der Waals surface area contributed by atoms with Crippen molar-refractivity contribution in [2.75, 3.05) is 44.7 Å². The summed E-state index contributed by atoms with van der Waals surface area (Å²) in [5, 5.41) is 0. The minimum Gasteiger partial charge on any atom is -0.339 e. The zero-order valence-electron chi connectivity index (χ0n) is 15.6. The van der Waals surface area contributed by atoms with E-state index in [0.717, 1.165) is 11.1 Å². The Morgan fingerprint density at radius 1 is 0.889 bits per heavy atom. The van der Waals surface area contributed by atoms with E-state index in [-0.39, 0.29) is 17.6 Å². The molecular weight excluding hydrogens is 360 g/mol. The number of piperazine rings is 1. The number of sulfone groups is 1. The van der Waals surface area contributed by atoms with E-state index in [1.165, 1.54) is 6.26 Å². The highest BCUT2D eigenvalue weighted by Gasteiger charge is 2.29. The first-order valence-electron chi connectivity index (χ1n) is 9.23. The summed E-state index contributed by atoms with van der Waals surface area (Å²) in [4.78, 5) is 17.4. The van der Waals surface area contributed by atoms with E-state index in [2.05, 4.69) is 4.90 Å². The molecule has 0 unspecified atom stereocenters. The molecule has 0 aliphatic carbocycles. The Balaban J connectivity index is 1.71. The summed E-state index contributed by atoms with van der Waals surface area (Å²) in [7, 11) is -2.96. The number of hydrogen-bond donors (Lipinski definition) is 0. The van der Waals surface area contributed by atoms with Crippen LogP contribution in [0.5, 0.6) is 0 Å². The van der Waals surface area contributed by atoms with Gasteiger partial charge in [-0.3, -0.25) is 9.69 Å². The lowest BCUT2D eigenvalue weighted by molar-refractivity contribution is -0.133. The van der Waals surface area contributed by atoms with Crippen LogP contribution in [-0.2, 0) is 14.6 Å². The maximum Gasteiger partial charge on any atom is 0.234 e. The van der Waals surface area contributed by atoms with Crippen molar-refractivity contribution in [3.05, 3.63) is 71.8 Å². The molecule has 1 aliphatic rings. The standard InChI is InChI=1S/C21H26N2O3S/c1-27(25,26)17-16-22-12-14-23(15-13-22)21(24)20(18-8-4-2-5-9-18)19-10-6-3-7-11-19/h2-11,20H,12-17H2,1H3. The number of carbonyl (C=O) groups excluding carboxylic acids is 1. The molecule has 27 heavy (non-hydrogen) atoms. The molecule has 2 aromatic rings. The Kier molecular flexibility index (Phi) is 6.29. The van der Waals surface area contributed by atoms with Crippen molar-refractivity contribution in [1.29, 1.82) is 0 Å². The van der Waals surface area contributed by atoms with Crippen LogP contribution in [0.1, 0.15) is 17.0 Å². The highest BCUT2D eigenvalue weighted by atomic mass is 32.2. The smallest absolute Gasteiger partial charge is 0.234 e. The van der Waals surface area contributed by atoms with Crippen LogP contribution in [0.2, 0.25) is 0 Å². The molecule has 1 heterocycles. The second-order valence-electron chi connectivity index (χ2n) is 7.05. The van der Waals surface area contributed by atoms with Gasteiger partial charge >= 0.3 is 0 Å². The molecule has 1 fully saturated rings. The maximum atomic E-state index is 13.3. The molecule has 144 valence electrons. The average Bonchev–Trinajstić information content (AvgIpc) is 2.68. The minimum absolute atomic E-state index is 0.107. The van der Waals surface area contributed by atoms with Crippen molar-refractivity contribution in [2.24, 2.45) is 0 Å². The quantitative estimate of drug-likeness (QED) is 0.762. The van der Waals surface area contributed by atoms with Crippen LogP contribution >= 0.6 is 0 Å². The summed E-state index contributed by atoms with van der Waals surface area (Å²) in [6.07, 6.45) is 1.26. The molecule has 0 atom stereocenters. The predicted octanol–water partition coefficient (Wildman–Crippen LogP) is 2.01. The number of carbonyl (C=O) groups is 1. The van der Waals surface area contributed by atoms with Crippen molar-refractivity contribution in [2.45, 2.75) is 5.92 Å². The lowest BCUT2D eigenvalue weighted by atomic mass is 9.90. The van der Waals surface area contributed by atoms with E-state index in [1.807, 2.05) is 65.6 Å². The Morgan fingerprint density at radius 2 is 1.37 bits per heavy atom. The first-order chi connectivity index (χ1) is 12.9. The Hall–Kier alpha value is -2.18. The molecule has 5 nitrogen and oxygen atoms in total. The number of hydrogen-bond acceptors (Lipinski definition) is 4. The van der Waals surface area contributed by atoms with Crippen molar-refractivity contribution < 1.29 is 13.2 Å². The SMILES string of the molecule is CS(=O)(=O)CCN1CCN(C(=O)C(c2ccccc2)c2ccccc2)CC1. The Bertz CT molecular complexity index is 806. The molecule has 0 radical (unpaired) electrons. The maximum absolute atomic E-state index is 13.3. The van der Waals surface area contributed by atoms with Gasteiger partial charge in [-0.1, -0.05) is 60.7 Å². The van der Waals surface area contributed by atoms with Crippen LogP contribution in [0.25, 0.3) is 0 Å². The second-order valence-corrected chi connectivity index (χ2v) is 9.31. The first kappa shape index (κ1) is 19.6. The van der Waals surface area contributed by atoms with Crippen LogP contribution < -0.4 is 0 Å². The van der Waals surface area contributed by atoms with Gasteiger partial charge in [-0.05, 0) is 11.1 Å². The van der Waals surface area contributed by atoms with Crippen LogP contribution in [0, 0.1) is 0 Å². The van der Waals surface area contributed by atoms with Gasteiger partial charge in [0.05, 0.1) is 11.7 Å². The van der Waals surface area contributed by atoms with Gasteiger partial charge in [0.1, 0.15) is 9.84 Å². The fraction of sp³-hybridized carbons (Fsp3) is 0.381. The summed E-state index contributed by atoms with van der Waals surface area (Å²) < 4.78 is 22.7. The second kappa shape index (κ2) is 8.67. The van der Waals surface area contributed by atoms with Crippen molar-refractivity contribution in [1.82, 2.24) is 9.80 Å². The molecule has 1 saturated heterocycles. The van der Waals surface area contributed by atoms with Gasteiger partial charge in [-0.2, -0.15) is 0 Å². The van der Waals surface area contributed by atoms with Gasteiger partial charge < -0.3 is 4.90 Å². The Morgan fingerprint density at radius 3 is 1.81 bits per heavy atom. The van der Waals surface area contributed by atoms with E-state index < -0.39 is 9.84 Å². The summed E-state index contributed by atoms with van der Waals surface area (Å²) in [5.41, 5.74) is 1.99. The number of amides is 1. The average molecular weight is 387 g/mol. The molecule has 0 aromatic heterocycles. The number of rotatable bonds is 6. The molecule has 0 bridgehead atoms. The molecule has 3 rings (SSSR count). The largest absolute Gasteiger partial charge is 0.339 e. The molecular formula is C21H26N2O3S. The number of nitrogens with zero attached hydrogens (tertiary/aromatic N) is 2. The topological polar surface area (TPSA) is 57.7 Å². The van der Waals surface area contributed by atoms with E-state index >= 15 is 0 Å². The molecule has 0 saturated carbocycles. The fourth-order valence-corrected chi connectivity index (χ4v) is 4.03. The van der Waals surface area contributed by atoms with Gasteiger partial charge in [-0.25, -0.2) is 8.42 Å². The van der Waals surface area contributed by atoms with Gasteiger partial charge in [0.2, 0.25) is 5.91 Å². The summed E-state index contributed by atoms with van der Waals surface area (Å²) >= 11 is 0. The van der Waals surface area contributed by atoms with Crippen molar-refractivity contribution in [3.8, 4) is 0 Å². The molecule has 0 N–H and O–H groups in total. The van der Waals surface area contributed by atoms with Crippen LogP contribution in [0.15, 0.2) is 60.7 Å². The minimum atomic E-state index is -2.96. The van der Waals surface area contributed by atoms with Gasteiger partial charge in [0.25, 0.3) is 0 Å².